The van der Waals surface area contributed by atoms with Crippen molar-refractivity contribution in [2.24, 2.45) is 11.8 Å². The van der Waals surface area contributed by atoms with E-state index in [9.17, 15) is 21.5 Å². The molecule has 2 fully saturated rings. The van der Waals surface area contributed by atoms with E-state index in [0.29, 0.717) is 0 Å². The van der Waals surface area contributed by atoms with Gasteiger partial charge < -0.3 is 4.90 Å². The third kappa shape index (κ3) is 3.94. The van der Waals surface area contributed by atoms with E-state index in [2.05, 4.69) is 0 Å². The summed E-state index contributed by atoms with van der Waals surface area (Å²) in [6.07, 6.45) is 4.20. The number of carbonyl (C=O) groups is 1. The summed E-state index contributed by atoms with van der Waals surface area (Å²) in [6.45, 7) is 0.237. The molecule has 1 amide bonds. The zero-order valence-electron chi connectivity index (χ0n) is 13.3. The maximum atomic E-state index is 13.2. The quantitative estimate of drug-likeness (QED) is 0.761. The predicted octanol–water partition coefficient (Wildman–Crippen LogP) is 3.20. The fraction of sp³-hybridized carbons (Fsp3) is 0.588. The van der Waals surface area contributed by atoms with Gasteiger partial charge in [0.25, 0.3) is 0 Å². The van der Waals surface area contributed by atoms with Crippen LogP contribution in [0.4, 0.5) is 8.28 Å². The highest BCUT2D eigenvalue weighted by Gasteiger charge is 2.40. The van der Waals surface area contributed by atoms with E-state index in [-0.39, 0.29) is 36.6 Å². The van der Waals surface area contributed by atoms with Crippen LogP contribution in [0.2, 0.25) is 0 Å². The summed E-state index contributed by atoms with van der Waals surface area (Å²) in [6, 6.07) is 5.94. The van der Waals surface area contributed by atoms with E-state index in [0.717, 1.165) is 31.2 Å². The van der Waals surface area contributed by atoms with Crippen LogP contribution in [-0.2, 0) is 15.0 Å². The maximum Gasteiger partial charge on any atom is 0.302 e. The van der Waals surface area contributed by atoms with Crippen LogP contribution in [0.3, 0.4) is 0 Å². The second kappa shape index (κ2) is 6.78. The summed E-state index contributed by atoms with van der Waals surface area (Å²) in [5.74, 6) is -1.34. The van der Waals surface area contributed by atoms with Crippen molar-refractivity contribution in [1.29, 1.82) is 0 Å². The van der Waals surface area contributed by atoms with Crippen LogP contribution in [0.15, 0.2) is 24.3 Å². The van der Waals surface area contributed by atoms with Gasteiger partial charge in [0.1, 0.15) is 5.82 Å². The number of halogens is 2. The molecule has 7 heteroatoms. The molecule has 1 aliphatic carbocycles. The molecule has 24 heavy (non-hydrogen) atoms. The molecule has 1 heterocycles. The molecule has 2 aliphatic rings. The van der Waals surface area contributed by atoms with Crippen molar-refractivity contribution < 1.29 is 21.5 Å². The molecule has 0 bridgehead atoms. The Balaban J connectivity index is 1.85. The first-order valence-electron chi connectivity index (χ1n) is 8.31. The van der Waals surface area contributed by atoms with Crippen LogP contribution in [0, 0.1) is 17.7 Å². The molecule has 0 N–H and O–H groups in total. The van der Waals surface area contributed by atoms with Crippen LogP contribution >= 0.6 is 0 Å². The van der Waals surface area contributed by atoms with E-state index in [1.54, 1.807) is 17.0 Å². The van der Waals surface area contributed by atoms with Gasteiger partial charge in [0.05, 0.1) is 11.8 Å². The largest absolute Gasteiger partial charge is 0.335 e. The standard InChI is InChI=1S/C17H21F2NO3S/c18-15-7-5-14(6-8-15)17(13-3-1-2-4-13)20-10-12(9-16(20)21)11-24(19,22)23/h5-8,12-13,17H,1-4,9-11H2. The first-order valence-corrected chi connectivity index (χ1v) is 9.86. The molecule has 1 saturated carbocycles. The monoisotopic (exact) mass is 357 g/mol. The average Bonchev–Trinajstić information content (AvgIpc) is 3.11. The fourth-order valence-electron chi connectivity index (χ4n) is 4.11. The molecular formula is C17H21F2NO3S. The van der Waals surface area contributed by atoms with Gasteiger partial charge in [-0.3, -0.25) is 4.79 Å². The van der Waals surface area contributed by atoms with Gasteiger partial charge in [-0.25, -0.2) is 4.39 Å². The average molecular weight is 357 g/mol. The number of nitrogens with zero attached hydrogens (tertiary/aromatic N) is 1. The fourth-order valence-corrected chi connectivity index (χ4v) is 4.90. The number of likely N-dealkylation sites (tertiary alicyclic amines) is 1. The second-order valence-electron chi connectivity index (χ2n) is 6.86. The zero-order valence-corrected chi connectivity index (χ0v) is 14.1. The number of amides is 1. The van der Waals surface area contributed by atoms with E-state index >= 15 is 0 Å². The lowest BCUT2D eigenvalue weighted by Gasteiger charge is -2.33. The molecule has 132 valence electrons. The SMILES string of the molecule is O=C1CC(CS(=O)(=O)F)CN1C(c1ccc(F)cc1)C1CCCC1. The van der Waals surface area contributed by atoms with Crippen molar-refractivity contribution in [3.05, 3.63) is 35.6 Å². The first kappa shape index (κ1) is 17.3. The van der Waals surface area contributed by atoms with Gasteiger partial charge in [-0.15, -0.1) is 3.89 Å². The lowest BCUT2D eigenvalue weighted by atomic mass is 9.90. The minimum absolute atomic E-state index is 0.0492. The third-order valence-electron chi connectivity index (χ3n) is 5.07. The third-order valence-corrected chi connectivity index (χ3v) is 5.94. The van der Waals surface area contributed by atoms with Gasteiger partial charge in [-0.2, -0.15) is 8.42 Å². The zero-order chi connectivity index (χ0) is 17.3. The molecular weight excluding hydrogens is 336 g/mol. The van der Waals surface area contributed by atoms with Crippen LogP contribution in [0.5, 0.6) is 0 Å². The summed E-state index contributed by atoms with van der Waals surface area (Å²) in [5, 5.41) is 0. The number of carbonyl (C=O) groups excluding carboxylic acids is 1. The highest BCUT2D eigenvalue weighted by molar-refractivity contribution is 7.86. The normalized spacial score (nSPS) is 23.8. The Morgan fingerprint density at radius 1 is 1.17 bits per heavy atom. The summed E-state index contributed by atoms with van der Waals surface area (Å²) >= 11 is 0. The lowest BCUT2D eigenvalue weighted by molar-refractivity contribution is -0.130. The van der Waals surface area contributed by atoms with E-state index in [1.165, 1.54) is 12.1 Å². The molecule has 0 spiro atoms. The smallest absolute Gasteiger partial charge is 0.302 e. The van der Waals surface area contributed by atoms with Gasteiger partial charge in [0.15, 0.2) is 0 Å². The molecule has 4 nitrogen and oxygen atoms in total. The summed E-state index contributed by atoms with van der Waals surface area (Å²) in [4.78, 5) is 14.1. The molecule has 0 aromatic heterocycles. The molecule has 0 radical (unpaired) electrons. The number of rotatable bonds is 5. The van der Waals surface area contributed by atoms with Crippen molar-refractivity contribution in [2.45, 2.75) is 38.1 Å². The Hall–Kier alpha value is -1.50. The molecule has 1 aromatic rings. The van der Waals surface area contributed by atoms with Gasteiger partial charge in [0.2, 0.25) is 5.91 Å². The number of hydrogen-bond donors (Lipinski definition) is 0. The van der Waals surface area contributed by atoms with Crippen molar-refractivity contribution in [1.82, 2.24) is 4.90 Å². The van der Waals surface area contributed by atoms with Crippen LogP contribution in [0.25, 0.3) is 0 Å². The van der Waals surface area contributed by atoms with E-state index < -0.39 is 21.9 Å². The Kier molecular flexibility index (Phi) is 4.90. The number of hydrogen-bond acceptors (Lipinski definition) is 3. The van der Waals surface area contributed by atoms with Gasteiger partial charge in [-0.05, 0) is 36.5 Å². The Bertz CT molecular complexity index is 699. The first-order chi connectivity index (χ1) is 11.3. The molecule has 1 aromatic carbocycles. The second-order valence-corrected chi connectivity index (χ2v) is 8.27. The van der Waals surface area contributed by atoms with Gasteiger partial charge >= 0.3 is 10.2 Å². The molecule has 3 rings (SSSR count). The maximum absolute atomic E-state index is 13.2. The highest BCUT2D eigenvalue weighted by atomic mass is 32.3. The molecule has 1 saturated heterocycles. The van der Waals surface area contributed by atoms with Gasteiger partial charge in [0, 0.05) is 18.9 Å². The summed E-state index contributed by atoms with van der Waals surface area (Å²) in [7, 11) is -4.60. The lowest BCUT2D eigenvalue weighted by Crippen LogP contribution is -2.34. The summed E-state index contributed by atoms with van der Waals surface area (Å²) < 4.78 is 48.0. The molecule has 2 unspecified atom stereocenters. The minimum Gasteiger partial charge on any atom is -0.335 e. The van der Waals surface area contributed by atoms with E-state index in [4.69, 9.17) is 0 Å². The van der Waals surface area contributed by atoms with Crippen molar-refractivity contribution >= 4 is 16.1 Å². The summed E-state index contributed by atoms with van der Waals surface area (Å²) in [5.41, 5.74) is 0.861. The molecule has 1 aliphatic heterocycles. The topological polar surface area (TPSA) is 54.5 Å². The van der Waals surface area contributed by atoms with Crippen LogP contribution < -0.4 is 0 Å². The minimum atomic E-state index is -4.60. The van der Waals surface area contributed by atoms with Crippen LogP contribution in [0.1, 0.15) is 43.7 Å². The Morgan fingerprint density at radius 3 is 2.38 bits per heavy atom. The van der Waals surface area contributed by atoms with Crippen molar-refractivity contribution in [3.8, 4) is 0 Å². The van der Waals surface area contributed by atoms with Crippen LogP contribution in [-0.4, -0.2) is 31.5 Å². The van der Waals surface area contributed by atoms with Crippen molar-refractivity contribution in [3.63, 3.8) is 0 Å². The number of benzene rings is 1. The Morgan fingerprint density at radius 2 is 1.79 bits per heavy atom. The van der Waals surface area contributed by atoms with E-state index in [1.807, 2.05) is 0 Å². The Labute approximate surface area is 141 Å². The highest BCUT2D eigenvalue weighted by Crippen LogP contribution is 2.42. The predicted molar refractivity (Wildman–Crippen MR) is 85.8 cm³/mol. The van der Waals surface area contributed by atoms with Crippen molar-refractivity contribution in [2.75, 3.05) is 12.3 Å². The molecule has 2 atom stereocenters. The van der Waals surface area contributed by atoms with Gasteiger partial charge in [-0.1, -0.05) is 25.0 Å².